The molecule has 0 aliphatic carbocycles. The van der Waals surface area contributed by atoms with Gasteiger partial charge in [0.05, 0.1) is 11.3 Å². The van der Waals surface area contributed by atoms with E-state index in [1.807, 2.05) is 81.4 Å². The Hall–Kier alpha value is -4.17. The van der Waals surface area contributed by atoms with Crippen LogP contribution in [0.4, 0.5) is 10.5 Å². The van der Waals surface area contributed by atoms with Gasteiger partial charge in [-0.1, -0.05) is 36.4 Å². The molecule has 4 aromatic rings. The van der Waals surface area contributed by atoms with Gasteiger partial charge in [0.2, 0.25) is 5.89 Å². The molecule has 1 saturated heterocycles. The fraction of sp³-hybridized carbons (Fsp3) is 0.300. The van der Waals surface area contributed by atoms with E-state index < -0.39 is 5.60 Å². The molecule has 0 radical (unpaired) electrons. The highest BCUT2D eigenvalue weighted by Crippen LogP contribution is 2.31. The van der Waals surface area contributed by atoms with Gasteiger partial charge in [-0.05, 0) is 62.7 Å². The van der Waals surface area contributed by atoms with Crippen LogP contribution in [0.15, 0.2) is 77.2 Å². The number of para-hydroxylation sites is 1. The molecule has 1 aliphatic heterocycles. The average molecular weight is 513 g/mol. The molecule has 0 bridgehead atoms. The number of amides is 2. The smallest absolute Gasteiger partial charge is 0.410 e. The Bertz CT molecular complexity index is 1430. The number of carbonyl (C=O) groups excluding carboxylic acids is 2. The molecule has 3 aromatic carbocycles. The number of aromatic nitrogens is 1. The number of anilines is 1. The normalized spacial score (nSPS) is 14.4. The van der Waals surface area contributed by atoms with Crippen molar-refractivity contribution in [3.8, 4) is 11.5 Å². The third kappa shape index (κ3) is 6.03. The van der Waals surface area contributed by atoms with E-state index in [-0.39, 0.29) is 12.0 Å². The minimum Gasteiger partial charge on any atom is -0.444 e. The molecule has 196 valence electrons. The minimum absolute atomic E-state index is 0.191. The van der Waals surface area contributed by atoms with E-state index in [1.54, 1.807) is 17.0 Å². The van der Waals surface area contributed by atoms with E-state index in [1.165, 1.54) is 0 Å². The molecule has 1 fully saturated rings. The first-order valence-corrected chi connectivity index (χ1v) is 12.8. The molecular formula is C30H32N4O4. The van der Waals surface area contributed by atoms with E-state index >= 15 is 0 Å². The SMILES string of the molecule is CC(C)(C)OC(=O)N1CCN(Cc2ccc3oc(-c4ccccc4NC(=O)c4ccccc4)nc3c2)CC1. The van der Waals surface area contributed by atoms with Gasteiger partial charge in [-0.15, -0.1) is 0 Å². The van der Waals surface area contributed by atoms with E-state index in [0.717, 1.165) is 30.7 Å². The number of hydrogen-bond acceptors (Lipinski definition) is 6. The number of nitrogens with zero attached hydrogens (tertiary/aromatic N) is 3. The molecule has 1 aliphatic rings. The predicted octanol–water partition coefficient (Wildman–Crippen LogP) is 5.80. The highest BCUT2D eigenvalue weighted by atomic mass is 16.6. The molecule has 0 atom stereocenters. The molecular weight excluding hydrogens is 480 g/mol. The van der Waals surface area contributed by atoms with Crippen LogP contribution in [-0.4, -0.2) is 58.6 Å². The molecule has 8 nitrogen and oxygen atoms in total. The Morgan fingerprint density at radius 2 is 1.66 bits per heavy atom. The lowest BCUT2D eigenvalue weighted by atomic mass is 10.1. The molecule has 2 heterocycles. The predicted molar refractivity (Wildman–Crippen MR) is 147 cm³/mol. The van der Waals surface area contributed by atoms with Gasteiger partial charge >= 0.3 is 6.09 Å². The van der Waals surface area contributed by atoms with Gasteiger partial charge in [-0.3, -0.25) is 9.69 Å². The van der Waals surface area contributed by atoms with E-state index in [2.05, 4.69) is 10.2 Å². The van der Waals surface area contributed by atoms with Crippen molar-refractivity contribution in [1.82, 2.24) is 14.8 Å². The minimum atomic E-state index is -0.492. The second-order valence-corrected chi connectivity index (χ2v) is 10.4. The third-order valence-electron chi connectivity index (χ3n) is 6.32. The van der Waals surface area contributed by atoms with Crippen LogP contribution >= 0.6 is 0 Å². The van der Waals surface area contributed by atoms with E-state index in [9.17, 15) is 9.59 Å². The quantitative estimate of drug-likeness (QED) is 0.364. The number of piperazine rings is 1. The Balaban J connectivity index is 1.27. The maximum atomic E-state index is 12.7. The van der Waals surface area contributed by atoms with Crippen LogP contribution in [0, 0.1) is 0 Å². The lowest BCUT2D eigenvalue weighted by molar-refractivity contribution is 0.0139. The Morgan fingerprint density at radius 1 is 0.947 bits per heavy atom. The molecule has 2 amide bonds. The fourth-order valence-corrected chi connectivity index (χ4v) is 4.42. The van der Waals surface area contributed by atoms with Crippen molar-refractivity contribution < 1.29 is 18.7 Å². The third-order valence-corrected chi connectivity index (χ3v) is 6.32. The Kier molecular flexibility index (Phi) is 7.15. The average Bonchev–Trinajstić information content (AvgIpc) is 3.32. The highest BCUT2D eigenvalue weighted by Gasteiger charge is 2.26. The van der Waals surface area contributed by atoms with Gasteiger partial charge in [0.25, 0.3) is 5.91 Å². The van der Waals surface area contributed by atoms with E-state index in [0.29, 0.717) is 41.4 Å². The molecule has 5 rings (SSSR count). The number of carbonyl (C=O) groups is 2. The number of oxazole rings is 1. The summed E-state index contributed by atoms with van der Waals surface area (Å²) in [4.78, 5) is 33.9. The van der Waals surface area contributed by atoms with Crippen molar-refractivity contribution in [2.24, 2.45) is 0 Å². The lowest BCUT2D eigenvalue weighted by Gasteiger charge is -2.35. The number of hydrogen-bond donors (Lipinski definition) is 1. The summed E-state index contributed by atoms with van der Waals surface area (Å²) in [5, 5.41) is 2.98. The lowest BCUT2D eigenvalue weighted by Crippen LogP contribution is -2.49. The van der Waals surface area contributed by atoms with Crippen LogP contribution in [0.2, 0.25) is 0 Å². The molecule has 8 heteroatoms. The first kappa shape index (κ1) is 25.5. The van der Waals surface area contributed by atoms with Crippen LogP contribution in [0.5, 0.6) is 0 Å². The molecule has 0 unspecified atom stereocenters. The summed E-state index contributed by atoms with van der Waals surface area (Å²) >= 11 is 0. The summed E-state index contributed by atoms with van der Waals surface area (Å²) in [5.74, 6) is 0.260. The van der Waals surface area contributed by atoms with Gasteiger partial charge in [0, 0.05) is 38.3 Å². The van der Waals surface area contributed by atoms with Crippen molar-refractivity contribution >= 4 is 28.8 Å². The standard InChI is InChI=1S/C30H32N4O4/c1-30(2,3)38-29(36)34-17-15-33(16-18-34)20-21-13-14-26-25(19-21)32-28(37-26)23-11-7-8-12-24(23)31-27(35)22-9-5-4-6-10-22/h4-14,19H,15-18,20H2,1-3H3,(H,31,35). The van der Waals surface area contributed by atoms with Crippen molar-refractivity contribution in [3.05, 3.63) is 83.9 Å². The molecule has 1 N–H and O–H groups in total. The summed E-state index contributed by atoms with van der Waals surface area (Å²) in [5.41, 5.74) is 4.00. The summed E-state index contributed by atoms with van der Waals surface area (Å²) < 4.78 is 11.6. The van der Waals surface area contributed by atoms with Crippen molar-refractivity contribution in [3.63, 3.8) is 0 Å². The zero-order valence-corrected chi connectivity index (χ0v) is 21.9. The van der Waals surface area contributed by atoms with Gasteiger partial charge in [-0.25, -0.2) is 9.78 Å². The number of rotatable bonds is 5. The fourth-order valence-electron chi connectivity index (χ4n) is 4.42. The largest absolute Gasteiger partial charge is 0.444 e. The number of ether oxygens (including phenoxy) is 1. The summed E-state index contributed by atoms with van der Waals surface area (Å²) in [6.07, 6.45) is -0.256. The van der Waals surface area contributed by atoms with Crippen molar-refractivity contribution in [1.29, 1.82) is 0 Å². The first-order chi connectivity index (χ1) is 18.2. The number of benzene rings is 3. The summed E-state index contributed by atoms with van der Waals surface area (Å²) in [7, 11) is 0. The van der Waals surface area contributed by atoms with Gasteiger partial charge in [0.1, 0.15) is 11.1 Å². The second-order valence-electron chi connectivity index (χ2n) is 10.4. The van der Waals surface area contributed by atoms with Gasteiger partial charge < -0.3 is 19.4 Å². The van der Waals surface area contributed by atoms with Crippen molar-refractivity contribution in [2.75, 3.05) is 31.5 Å². The van der Waals surface area contributed by atoms with E-state index in [4.69, 9.17) is 14.1 Å². The van der Waals surface area contributed by atoms with Crippen LogP contribution in [0.25, 0.3) is 22.6 Å². The maximum absolute atomic E-state index is 12.7. The first-order valence-electron chi connectivity index (χ1n) is 12.8. The van der Waals surface area contributed by atoms with Gasteiger partial charge in [-0.2, -0.15) is 0 Å². The maximum Gasteiger partial charge on any atom is 0.410 e. The summed E-state index contributed by atoms with van der Waals surface area (Å²) in [6, 6.07) is 22.6. The Labute approximate surface area is 222 Å². The Morgan fingerprint density at radius 3 is 2.39 bits per heavy atom. The highest BCUT2D eigenvalue weighted by molar-refractivity contribution is 6.06. The van der Waals surface area contributed by atoms with Gasteiger partial charge in [0.15, 0.2) is 5.58 Å². The molecule has 0 spiro atoms. The topological polar surface area (TPSA) is 87.9 Å². The number of nitrogens with one attached hydrogen (secondary N) is 1. The molecule has 38 heavy (non-hydrogen) atoms. The van der Waals surface area contributed by atoms with Crippen LogP contribution in [-0.2, 0) is 11.3 Å². The second kappa shape index (κ2) is 10.7. The van der Waals surface area contributed by atoms with Crippen LogP contribution in [0.1, 0.15) is 36.7 Å². The van der Waals surface area contributed by atoms with Crippen LogP contribution in [0.3, 0.4) is 0 Å². The van der Waals surface area contributed by atoms with Crippen molar-refractivity contribution in [2.45, 2.75) is 32.9 Å². The molecule has 1 aromatic heterocycles. The monoisotopic (exact) mass is 512 g/mol. The molecule has 0 saturated carbocycles. The van der Waals surface area contributed by atoms with Crippen LogP contribution < -0.4 is 5.32 Å². The zero-order chi connectivity index (χ0) is 26.7. The summed E-state index contributed by atoms with van der Waals surface area (Å²) in [6.45, 7) is 9.22. The number of fused-ring (bicyclic) bond motifs is 1. The zero-order valence-electron chi connectivity index (χ0n) is 21.9.